The minimum atomic E-state index is -3.94. The molecule has 0 saturated heterocycles. The van der Waals surface area contributed by atoms with Crippen molar-refractivity contribution in [2.45, 2.75) is 37.5 Å². The maximum atomic E-state index is 11.8. The zero-order valence-electron chi connectivity index (χ0n) is 13.0. The number of hydrogen-bond acceptors (Lipinski definition) is 6. The summed E-state index contributed by atoms with van der Waals surface area (Å²) >= 11 is 0. The van der Waals surface area contributed by atoms with Crippen LogP contribution < -0.4 is 4.72 Å². The molecule has 128 valence electrons. The number of carbonyl (C=O) groups excluding carboxylic acids is 2. The molecule has 0 unspecified atom stereocenters. The summed E-state index contributed by atoms with van der Waals surface area (Å²) in [4.78, 5) is 22.7. The van der Waals surface area contributed by atoms with Gasteiger partial charge in [-0.1, -0.05) is 31.5 Å². The lowest BCUT2D eigenvalue weighted by atomic mass is 10.3. The highest BCUT2D eigenvalue weighted by Crippen LogP contribution is 2.07. The summed E-state index contributed by atoms with van der Waals surface area (Å²) in [6, 6.07) is 7.48. The van der Waals surface area contributed by atoms with Crippen LogP contribution in [0.3, 0.4) is 0 Å². The Balaban J connectivity index is 2.26. The van der Waals surface area contributed by atoms with Gasteiger partial charge >= 0.3 is 12.1 Å². The molecule has 0 atom stereocenters. The van der Waals surface area contributed by atoms with Gasteiger partial charge in [-0.2, -0.15) is 0 Å². The number of ether oxygens (including phenoxy) is 2. The molecule has 0 aliphatic rings. The van der Waals surface area contributed by atoms with Gasteiger partial charge in [-0.3, -0.25) is 4.79 Å². The highest BCUT2D eigenvalue weighted by molar-refractivity contribution is 7.90. The van der Waals surface area contributed by atoms with Crippen LogP contribution in [0.25, 0.3) is 0 Å². The number of nitrogens with one attached hydrogen (secondary N) is 1. The molecule has 1 amide bonds. The third-order valence-electron chi connectivity index (χ3n) is 2.79. The number of benzene rings is 1. The van der Waals surface area contributed by atoms with Crippen LogP contribution in [0.4, 0.5) is 4.79 Å². The number of esters is 1. The van der Waals surface area contributed by atoms with Gasteiger partial charge in [0.1, 0.15) is 0 Å². The van der Waals surface area contributed by atoms with Crippen LogP contribution in [-0.4, -0.2) is 33.7 Å². The third kappa shape index (κ3) is 7.64. The van der Waals surface area contributed by atoms with E-state index < -0.39 is 16.1 Å². The third-order valence-corrected chi connectivity index (χ3v) is 4.12. The Kier molecular flexibility index (Phi) is 8.10. The second-order valence-electron chi connectivity index (χ2n) is 4.73. The maximum absolute atomic E-state index is 11.8. The monoisotopic (exact) mass is 343 g/mol. The van der Waals surface area contributed by atoms with Crippen LogP contribution in [0, 0.1) is 0 Å². The fourth-order valence-corrected chi connectivity index (χ4v) is 2.49. The number of rotatable bonds is 9. The molecule has 0 saturated carbocycles. The van der Waals surface area contributed by atoms with E-state index in [4.69, 9.17) is 9.47 Å². The lowest BCUT2D eigenvalue weighted by Crippen LogP contribution is -2.31. The quantitative estimate of drug-likeness (QED) is 0.545. The fraction of sp³-hybridized carbons (Fsp3) is 0.467. The smallest absolute Gasteiger partial charge is 0.421 e. The highest BCUT2D eigenvalue weighted by Gasteiger charge is 2.17. The van der Waals surface area contributed by atoms with Crippen molar-refractivity contribution in [1.29, 1.82) is 0 Å². The van der Waals surface area contributed by atoms with Crippen LogP contribution in [0.15, 0.2) is 35.2 Å². The number of unbranched alkanes of at least 4 members (excludes halogenated alkanes) is 1. The van der Waals surface area contributed by atoms with E-state index in [1.165, 1.54) is 12.1 Å². The predicted octanol–water partition coefficient (Wildman–Crippen LogP) is 2.23. The molecule has 8 heteroatoms. The van der Waals surface area contributed by atoms with E-state index in [2.05, 4.69) is 0 Å². The molecule has 1 rings (SSSR count). The minimum Gasteiger partial charge on any atom is -0.466 e. The van der Waals surface area contributed by atoms with Crippen molar-refractivity contribution >= 4 is 22.1 Å². The largest absolute Gasteiger partial charge is 0.466 e. The average molecular weight is 343 g/mol. The summed E-state index contributed by atoms with van der Waals surface area (Å²) in [5, 5.41) is 0. The number of sulfonamides is 1. The van der Waals surface area contributed by atoms with Gasteiger partial charge in [0.2, 0.25) is 0 Å². The molecule has 1 aromatic carbocycles. The van der Waals surface area contributed by atoms with E-state index in [0.717, 1.165) is 12.8 Å². The van der Waals surface area contributed by atoms with Crippen molar-refractivity contribution in [3.05, 3.63) is 30.3 Å². The van der Waals surface area contributed by atoms with Crippen molar-refractivity contribution in [1.82, 2.24) is 4.72 Å². The molecule has 0 aromatic heterocycles. The lowest BCUT2D eigenvalue weighted by Gasteiger charge is -2.08. The topological polar surface area (TPSA) is 98.8 Å². The Bertz CT molecular complexity index is 600. The molecule has 0 aliphatic carbocycles. The summed E-state index contributed by atoms with van der Waals surface area (Å²) in [6.45, 7) is 2.30. The summed E-state index contributed by atoms with van der Waals surface area (Å²) in [6.07, 6.45) is 1.05. The van der Waals surface area contributed by atoms with Gasteiger partial charge in [-0.25, -0.2) is 17.9 Å². The molecule has 0 heterocycles. The van der Waals surface area contributed by atoms with Crippen LogP contribution >= 0.6 is 0 Å². The standard InChI is InChI=1S/C15H21NO6S/c1-2-3-11-21-14(17)10-7-12-22-15(18)16-23(19,20)13-8-5-4-6-9-13/h4-6,8-9H,2-3,7,10-12H2,1H3,(H,16,18). The normalized spacial score (nSPS) is 10.8. The first-order valence-corrected chi connectivity index (χ1v) is 8.84. The van der Waals surface area contributed by atoms with Gasteiger partial charge in [0.25, 0.3) is 10.0 Å². The molecular weight excluding hydrogens is 322 g/mol. The number of carbonyl (C=O) groups is 2. The minimum absolute atomic E-state index is 0.0311. The van der Waals surface area contributed by atoms with E-state index in [0.29, 0.717) is 6.61 Å². The van der Waals surface area contributed by atoms with Gasteiger partial charge in [0.05, 0.1) is 18.1 Å². The van der Waals surface area contributed by atoms with Gasteiger partial charge in [-0.05, 0) is 25.0 Å². The van der Waals surface area contributed by atoms with E-state index in [1.54, 1.807) is 22.9 Å². The number of hydrogen-bond donors (Lipinski definition) is 1. The fourth-order valence-electron chi connectivity index (χ4n) is 1.58. The van der Waals surface area contributed by atoms with Crippen molar-refractivity contribution in [3.8, 4) is 0 Å². The number of amides is 1. The van der Waals surface area contributed by atoms with Gasteiger partial charge < -0.3 is 9.47 Å². The van der Waals surface area contributed by atoms with Crippen molar-refractivity contribution in [2.24, 2.45) is 0 Å². The van der Waals surface area contributed by atoms with Crippen molar-refractivity contribution < 1.29 is 27.5 Å². The molecule has 7 nitrogen and oxygen atoms in total. The Morgan fingerprint density at radius 2 is 1.70 bits per heavy atom. The molecule has 0 fully saturated rings. The molecule has 1 aromatic rings. The van der Waals surface area contributed by atoms with Crippen LogP contribution in [0.1, 0.15) is 32.6 Å². The summed E-state index contributed by atoms with van der Waals surface area (Å²) < 4.78 is 35.2. The lowest BCUT2D eigenvalue weighted by molar-refractivity contribution is -0.144. The first-order valence-electron chi connectivity index (χ1n) is 7.36. The van der Waals surface area contributed by atoms with Gasteiger partial charge in [0.15, 0.2) is 0 Å². The zero-order chi connectivity index (χ0) is 17.1. The van der Waals surface area contributed by atoms with Crippen LogP contribution in [-0.2, 0) is 24.3 Å². The highest BCUT2D eigenvalue weighted by atomic mass is 32.2. The predicted molar refractivity (Wildman–Crippen MR) is 83.2 cm³/mol. The zero-order valence-corrected chi connectivity index (χ0v) is 13.8. The Hall–Kier alpha value is -2.09. The Morgan fingerprint density at radius 3 is 2.35 bits per heavy atom. The van der Waals surface area contributed by atoms with Crippen LogP contribution in [0.5, 0.6) is 0 Å². The average Bonchev–Trinajstić information content (AvgIpc) is 2.52. The first-order chi connectivity index (χ1) is 11.0. The van der Waals surface area contributed by atoms with Crippen LogP contribution in [0.2, 0.25) is 0 Å². The molecule has 0 bridgehead atoms. The van der Waals surface area contributed by atoms with Gasteiger partial charge in [-0.15, -0.1) is 0 Å². The Morgan fingerprint density at radius 1 is 1.04 bits per heavy atom. The summed E-state index contributed by atoms with van der Waals surface area (Å²) in [5.74, 6) is -0.362. The Labute approximate surface area is 136 Å². The van der Waals surface area contributed by atoms with E-state index in [9.17, 15) is 18.0 Å². The van der Waals surface area contributed by atoms with E-state index in [1.807, 2.05) is 6.92 Å². The molecule has 0 aliphatic heterocycles. The SMILES string of the molecule is CCCCOC(=O)CCCOC(=O)NS(=O)(=O)c1ccccc1. The summed E-state index contributed by atoms with van der Waals surface area (Å²) in [7, 11) is -3.94. The molecular formula is C15H21NO6S. The second-order valence-corrected chi connectivity index (χ2v) is 6.41. The van der Waals surface area contributed by atoms with Gasteiger partial charge in [0, 0.05) is 6.42 Å². The maximum Gasteiger partial charge on any atom is 0.421 e. The first kappa shape index (κ1) is 19.0. The molecule has 23 heavy (non-hydrogen) atoms. The second kappa shape index (κ2) is 9.83. The van der Waals surface area contributed by atoms with Crippen molar-refractivity contribution in [2.75, 3.05) is 13.2 Å². The van der Waals surface area contributed by atoms with E-state index >= 15 is 0 Å². The van der Waals surface area contributed by atoms with Crippen molar-refractivity contribution in [3.63, 3.8) is 0 Å². The summed E-state index contributed by atoms with van der Waals surface area (Å²) in [5.41, 5.74) is 0. The molecule has 1 N–H and O–H groups in total. The van der Waals surface area contributed by atoms with E-state index in [-0.39, 0.29) is 30.3 Å². The molecule has 0 radical (unpaired) electrons. The molecule has 0 spiro atoms.